The van der Waals surface area contributed by atoms with E-state index in [0.29, 0.717) is 35.5 Å². The summed E-state index contributed by atoms with van der Waals surface area (Å²) in [6, 6.07) is 6.83. The summed E-state index contributed by atoms with van der Waals surface area (Å²) in [5, 5.41) is -0.683. The summed E-state index contributed by atoms with van der Waals surface area (Å²) in [4.78, 5) is 23.9. The van der Waals surface area contributed by atoms with Crippen LogP contribution in [0.3, 0.4) is 0 Å². The van der Waals surface area contributed by atoms with E-state index in [1.807, 2.05) is 0 Å². The summed E-state index contributed by atoms with van der Waals surface area (Å²) < 4.78 is 65.6. The summed E-state index contributed by atoms with van der Waals surface area (Å²) in [7, 11) is -4.22. The lowest BCUT2D eigenvalue weighted by atomic mass is 10.0. The minimum Gasteiger partial charge on any atom is -0.294 e. The standard InChI is InChI=1S/C21H15F3N4O3S/c22-21(23,24)16-7-8-25-19(11-16)32(30,31)17-4-1-14(2-5-17)3-6-18(29)15-12-27-20-26-9-10-28(20)13-15/h1-2,4-5,7-13H,3,6H2. The number of nitrogens with zero attached hydrogens (tertiary/aromatic N) is 4. The number of halogens is 3. The zero-order valence-corrected chi connectivity index (χ0v) is 17.1. The van der Waals surface area contributed by atoms with Gasteiger partial charge in [0.25, 0.3) is 0 Å². The van der Waals surface area contributed by atoms with Crippen LogP contribution >= 0.6 is 0 Å². The van der Waals surface area contributed by atoms with Crippen molar-refractivity contribution in [1.29, 1.82) is 0 Å². The molecule has 32 heavy (non-hydrogen) atoms. The lowest BCUT2D eigenvalue weighted by Gasteiger charge is -2.09. The minimum atomic E-state index is -4.68. The van der Waals surface area contributed by atoms with Gasteiger partial charge in [0, 0.05) is 37.4 Å². The number of pyridine rings is 1. The maximum atomic E-state index is 12.9. The molecule has 164 valence electrons. The fourth-order valence-electron chi connectivity index (χ4n) is 3.05. The molecule has 0 saturated heterocycles. The van der Waals surface area contributed by atoms with Gasteiger partial charge in [-0.15, -0.1) is 0 Å². The van der Waals surface area contributed by atoms with E-state index in [0.717, 1.165) is 6.20 Å². The van der Waals surface area contributed by atoms with E-state index in [1.165, 1.54) is 30.5 Å². The maximum absolute atomic E-state index is 12.9. The van der Waals surface area contributed by atoms with E-state index >= 15 is 0 Å². The number of fused-ring (bicyclic) bond motifs is 1. The van der Waals surface area contributed by atoms with Gasteiger partial charge in [-0.3, -0.25) is 9.20 Å². The van der Waals surface area contributed by atoms with Crippen molar-refractivity contribution < 1.29 is 26.4 Å². The highest BCUT2D eigenvalue weighted by atomic mass is 32.2. The molecule has 0 amide bonds. The molecule has 11 heteroatoms. The fourth-order valence-corrected chi connectivity index (χ4v) is 4.27. The number of Topliss-reactive ketones (excluding diaryl/α,β-unsaturated/α-hetero) is 1. The monoisotopic (exact) mass is 460 g/mol. The largest absolute Gasteiger partial charge is 0.416 e. The average molecular weight is 460 g/mol. The van der Waals surface area contributed by atoms with Crippen LogP contribution in [0, 0.1) is 0 Å². The number of carbonyl (C=O) groups is 1. The van der Waals surface area contributed by atoms with Crippen LogP contribution in [0.4, 0.5) is 13.2 Å². The summed E-state index contributed by atoms with van der Waals surface area (Å²) in [6.07, 6.45) is 2.98. The third-order valence-electron chi connectivity index (χ3n) is 4.78. The normalized spacial score (nSPS) is 12.2. The summed E-state index contributed by atoms with van der Waals surface area (Å²) in [5.74, 6) is 0.339. The number of ketones is 1. The van der Waals surface area contributed by atoms with E-state index < -0.39 is 26.6 Å². The third kappa shape index (κ3) is 4.37. The second kappa shape index (κ2) is 8.15. The van der Waals surface area contributed by atoms with Gasteiger partial charge >= 0.3 is 6.18 Å². The highest BCUT2D eigenvalue weighted by molar-refractivity contribution is 7.91. The summed E-state index contributed by atoms with van der Waals surface area (Å²) in [5.41, 5.74) is 0.0286. The van der Waals surface area contributed by atoms with Crippen molar-refractivity contribution in [2.24, 2.45) is 0 Å². The van der Waals surface area contributed by atoms with E-state index in [4.69, 9.17) is 0 Å². The van der Waals surface area contributed by atoms with Crippen molar-refractivity contribution in [2.45, 2.75) is 28.9 Å². The van der Waals surface area contributed by atoms with Gasteiger partial charge in [0.1, 0.15) is 0 Å². The molecule has 0 aliphatic rings. The number of rotatable bonds is 6. The van der Waals surface area contributed by atoms with Gasteiger partial charge in [0.15, 0.2) is 10.8 Å². The molecule has 0 spiro atoms. The maximum Gasteiger partial charge on any atom is 0.416 e. The highest BCUT2D eigenvalue weighted by Gasteiger charge is 2.32. The zero-order valence-electron chi connectivity index (χ0n) is 16.3. The van der Waals surface area contributed by atoms with E-state index in [1.54, 1.807) is 23.0 Å². The summed E-state index contributed by atoms with van der Waals surface area (Å²) in [6.45, 7) is 0. The molecule has 0 atom stereocenters. The van der Waals surface area contributed by atoms with Crippen molar-refractivity contribution in [3.05, 3.63) is 84.1 Å². The Hall–Kier alpha value is -3.60. The smallest absolute Gasteiger partial charge is 0.294 e. The van der Waals surface area contributed by atoms with Gasteiger partial charge in [-0.05, 0) is 36.2 Å². The van der Waals surface area contributed by atoms with E-state index in [9.17, 15) is 26.4 Å². The zero-order chi connectivity index (χ0) is 22.9. The number of benzene rings is 1. The summed E-state index contributed by atoms with van der Waals surface area (Å²) >= 11 is 0. The van der Waals surface area contributed by atoms with Gasteiger partial charge in [-0.25, -0.2) is 23.4 Å². The third-order valence-corrected chi connectivity index (χ3v) is 6.45. The number of aryl methyl sites for hydroxylation is 1. The Labute approximate surface area is 180 Å². The number of hydrogen-bond acceptors (Lipinski definition) is 6. The van der Waals surface area contributed by atoms with Crippen molar-refractivity contribution in [3.63, 3.8) is 0 Å². The highest BCUT2D eigenvalue weighted by Crippen LogP contribution is 2.31. The molecule has 3 aromatic heterocycles. The number of hydrogen-bond donors (Lipinski definition) is 0. The Morgan fingerprint density at radius 3 is 2.47 bits per heavy atom. The molecule has 0 fully saturated rings. The molecule has 7 nitrogen and oxygen atoms in total. The fraction of sp³-hybridized carbons (Fsp3) is 0.143. The van der Waals surface area contributed by atoms with Crippen LogP contribution < -0.4 is 0 Å². The molecule has 1 aromatic carbocycles. The Morgan fingerprint density at radius 1 is 1.00 bits per heavy atom. The molecule has 4 rings (SSSR count). The Bertz CT molecular complexity index is 1400. The SMILES string of the molecule is O=C(CCc1ccc(S(=O)(=O)c2cc(C(F)(F)F)ccn2)cc1)c1cnc2nccn2c1. The molecule has 0 unspecified atom stereocenters. The molecular weight excluding hydrogens is 445 g/mol. The Kier molecular flexibility index (Phi) is 5.51. The number of imidazole rings is 1. The van der Waals surface area contributed by atoms with Gasteiger partial charge in [0.05, 0.1) is 16.0 Å². The van der Waals surface area contributed by atoms with Crippen LogP contribution in [-0.2, 0) is 22.4 Å². The van der Waals surface area contributed by atoms with Crippen molar-refractivity contribution in [3.8, 4) is 0 Å². The van der Waals surface area contributed by atoms with Crippen LogP contribution in [0.2, 0.25) is 0 Å². The van der Waals surface area contributed by atoms with Crippen LogP contribution in [0.25, 0.3) is 5.78 Å². The van der Waals surface area contributed by atoms with E-state index in [2.05, 4.69) is 15.0 Å². The second-order valence-electron chi connectivity index (χ2n) is 6.93. The minimum absolute atomic E-state index is 0.141. The molecule has 0 saturated carbocycles. The molecule has 3 heterocycles. The molecule has 0 aliphatic heterocycles. The van der Waals surface area contributed by atoms with Crippen LogP contribution in [0.15, 0.2) is 77.3 Å². The molecular formula is C21H15F3N4O3S. The van der Waals surface area contributed by atoms with Gasteiger partial charge < -0.3 is 0 Å². The lowest BCUT2D eigenvalue weighted by molar-refractivity contribution is -0.137. The average Bonchev–Trinajstić information content (AvgIpc) is 3.25. The number of alkyl halides is 3. The first-order valence-corrected chi connectivity index (χ1v) is 10.8. The van der Waals surface area contributed by atoms with Crippen molar-refractivity contribution in [2.75, 3.05) is 0 Å². The molecule has 0 N–H and O–H groups in total. The van der Waals surface area contributed by atoms with Crippen LogP contribution in [0.1, 0.15) is 27.9 Å². The predicted molar refractivity (Wildman–Crippen MR) is 107 cm³/mol. The molecule has 4 aromatic rings. The number of aromatic nitrogens is 4. The van der Waals surface area contributed by atoms with Crippen LogP contribution in [-0.4, -0.2) is 33.6 Å². The van der Waals surface area contributed by atoms with Crippen molar-refractivity contribution in [1.82, 2.24) is 19.4 Å². The van der Waals surface area contributed by atoms with Gasteiger partial charge in [0.2, 0.25) is 15.6 Å². The van der Waals surface area contributed by atoms with Crippen LogP contribution in [0.5, 0.6) is 0 Å². The Balaban J connectivity index is 1.47. The van der Waals surface area contributed by atoms with E-state index in [-0.39, 0.29) is 17.1 Å². The topological polar surface area (TPSA) is 94.3 Å². The predicted octanol–water partition coefficient (Wildman–Crippen LogP) is 3.79. The first kappa shape index (κ1) is 21.6. The Morgan fingerprint density at radius 2 is 1.75 bits per heavy atom. The number of carbonyl (C=O) groups excluding carboxylic acids is 1. The molecule has 0 radical (unpaired) electrons. The lowest BCUT2D eigenvalue weighted by Crippen LogP contribution is -2.10. The first-order chi connectivity index (χ1) is 15.1. The van der Waals surface area contributed by atoms with Gasteiger partial charge in [-0.2, -0.15) is 13.2 Å². The number of sulfone groups is 1. The molecule has 0 bridgehead atoms. The second-order valence-corrected chi connectivity index (χ2v) is 8.82. The quantitative estimate of drug-likeness (QED) is 0.407. The van der Waals surface area contributed by atoms with Gasteiger partial charge in [-0.1, -0.05) is 12.1 Å². The molecule has 0 aliphatic carbocycles. The van der Waals surface area contributed by atoms with Crippen molar-refractivity contribution >= 4 is 21.4 Å². The first-order valence-electron chi connectivity index (χ1n) is 9.34.